The summed E-state index contributed by atoms with van der Waals surface area (Å²) in [6.45, 7) is 3.84. The zero-order chi connectivity index (χ0) is 14.4. The van der Waals surface area contributed by atoms with E-state index in [1.807, 2.05) is 25.1 Å². The highest BCUT2D eigenvalue weighted by Gasteiger charge is 2.11. The fourth-order valence-corrected chi connectivity index (χ4v) is 2.23. The number of aliphatic hydroxyl groups is 1. The predicted octanol–water partition coefficient (Wildman–Crippen LogP) is 2.43. The van der Waals surface area contributed by atoms with Crippen molar-refractivity contribution in [2.24, 2.45) is 0 Å². The minimum Gasteiger partial charge on any atom is -0.395 e. The molecule has 0 aliphatic heterocycles. The molecule has 4 nitrogen and oxygen atoms in total. The fourth-order valence-electron chi connectivity index (χ4n) is 1.99. The van der Waals surface area contributed by atoms with Crippen LogP contribution in [0.1, 0.15) is 17.0 Å². The zero-order valence-corrected chi connectivity index (χ0v) is 12.2. The number of aromatic nitrogens is 2. The third-order valence-electron chi connectivity index (χ3n) is 2.96. The lowest BCUT2D eigenvalue weighted by molar-refractivity contribution is 0.182. The van der Waals surface area contributed by atoms with Crippen LogP contribution in [-0.2, 0) is 13.1 Å². The van der Waals surface area contributed by atoms with Crippen LogP contribution in [-0.4, -0.2) is 33.1 Å². The van der Waals surface area contributed by atoms with Gasteiger partial charge in [-0.1, -0.05) is 41.9 Å². The van der Waals surface area contributed by atoms with Crippen LogP contribution in [0.2, 0.25) is 5.15 Å². The molecule has 20 heavy (non-hydrogen) atoms. The smallest absolute Gasteiger partial charge is 0.152 e. The van der Waals surface area contributed by atoms with Crippen LogP contribution in [0.5, 0.6) is 0 Å². The second kappa shape index (κ2) is 7.33. The van der Waals surface area contributed by atoms with Gasteiger partial charge in [-0.2, -0.15) is 0 Å². The van der Waals surface area contributed by atoms with Gasteiger partial charge in [-0.3, -0.25) is 9.88 Å². The van der Waals surface area contributed by atoms with Gasteiger partial charge in [0.2, 0.25) is 0 Å². The molecule has 1 aromatic heterocycles. The summed E-state index contributed by atoms with van der Waals surface area (Å²) in [4.78, 5) is 10.6. The third kappa shape index (κ3) is 4.27. The molecule has 1 aromatic carbocycles. The standard InChI is InChI=1S/C15H18ClN3O/c1-12-9-17-14(15(16)18-12)11-19(7-8-20)10-13-5-3-2-4-6-13/h2-6,9,20H,7-8,10-11H2,1H3. The van der Waals surface area contributed by atoms with E-state index in [0.717, 1.165) is 17.9 Å². The first kappa shape index (κ1) is 14.9. The molecule has 0 bridgehead atoms. The minimum absolute atomic E-state index is 0.101. The molecule has 0 aliphatic rings. The predicted molar refractivity (Wildman–Crippen MR) is 79.4 cm³/mol. The van der Waals surface area contributed by atoms with E-state index in [4.69, 9.17) is 11.6 Å². The van der Waals surface area contributed by atoms with Gasteiger partial charge in [-0.05, 0) is 12.5 Å². The highest BCUT2D eigenvalue weighted by Crippen LogP contribution is 2.14. The molecular weight excluding hydrogens is 274 g/mol. The third-order valence-corrected chi connectivity index (χ3v) is 3.26. The Hall–Kier alpha value is -1.49. The van der Waals surface area contributed by atoms with Gasteiger partial charge < -0.3 is 5.11 Å². The molecule has 106 valence electrons. The van der Waals surface area contributed by atoms with E-state index in [0.29, 0.717) is 18.2 Å². The highest BCUT2D eigenvalue weighted by molar-refractivity contribution is 6.30. The van der Waals surface area contributed by atoms with Crippen LogP contribution in [0.3, 0.4) is 0 Å². The van der Waals surface area contributed by atoms with Gasteiger partial charge in [0.25, 0.3) is 0 Å². The summed E-state index contributed by atoms with van der Waals surface area (Å²) in [5, 5.41) is 9.63. The summed E-state index contributed by atoms with van der Waals surface area (Å²) in [6, 6.07) is 10.1. The van der Waals surface area contributed by atoms with Gasteiger partial charge in [0, 0.05) is 25.8 Å². The van der Waals surface area contributed by atoms with Crippen LogP contribution in [0.15, 0.2) is 36.5 Å². The summed E-state index contributed by atoms with van der Waals surface area (Å²) >= 11 is 6.11. The van der Waals surface area contributed by atoms with E-state index in [2.05, 4.69) is 27.0 Å². The average Bonchev–Trinajstić information content (AvgIpc) is 2.43. The monoisotopic (exact) mass is 291 g/mol. The Morgan fingerprint density at radius 2 is 1.95 bits per heavy atom. The van der Waals surface area contributed by atoms with E-state index in [9.17, 15) is 5.11 Å². The number of aryl methyl sites for hydroxylation is 1. The first-order valence-electron chi connectivity index (χ1n) is 6.54. The van der Waals surface area contributed by atoms with Gasteiger partial charge >= 0.3 is 0 Å². The van der Waals surface area contributed by atoms with E-state index in [1.54, 1.807) is 6.20 Å². The Morgan fingerprint density at radius 3 is 2.60 bits per heavy atom. The molecule has 0 saturated carbocycles. The van der Waals surface area contributed by atoms with Crippen molar-refractivity contribution in [2.75, 3.05) is 13.2 Å². The second-order valence-corrected chi connectivity index (χ2v) is 5.03. The Morgan fingerprint density at radius 1 is 1.20 bits per heavy atom. The van der Waals surface area contributed by atoms with Gasteiger partial charge in [0.05, 0.1) is 18.0 Å². The molecule has 0 saturated heterocycles. The summed E-state index contributed by atoms with van der Waals surface area (Å²) in [6.07, 6.45) is 1.71. The molecule has 0 radical (unpaired) electrons. The molecule has 0 unspecified atom stereocenters. The van der Waals surface area contributed by atoms with Gasteiger partial charge in [-0.15, -0.1) is 0 Å². The first-order chi connectivity index (χ1) is 9.69. The molecule has 0 aliphatic carbocycles. The SMILES string of the molecule is Cc1cnc(CN(CCO)Cc2ccccc2)c(Cl)n1. The van der Waals surface area contributed by atoms with Crippen molar-refractivity contribution in [1.82, 2.24) is 14.9 Å². The number of benzene rings is 1. The quantitative estimate of drug-likeness (QED) is 0.888. The van der Waals surface area contributed by atoms with Crippen LogP contribution in [0.4, 0.5) is 0 Å². The lowest BCUT2D eigenvalue weighted by atomic mass is 10.2. The van der Waals surface area contributed by atoms with Crippen molar-refractivity contribution in [1.29, 1.82) is 0 Å². The lowest BCUT2D eigenvalue weighted by Gasteiger charge is -2.21. The number of aliphatic hydroxyl groups excluding tert-OH is 1. The fraction of sp³-hybridized carbons (Fsp3) is 0.333. The Labute approximate surface area is 124 Å². The van der Waals surface area contributed by atoms with Crippen molar-refractivity contribution in [3.8, 4) is 0 Å². The maximum absolute atomic E-state index is 9.20. The lowest BCUT2D eigenvalue weighted by Crippen LogP contribution is -2.26. The normalized spacial score (nSPS) is 11.0. The molecule has 0 fully saturated rings. The van der Waals surface area contributed by atoms with Gasteiger partial charge in [-0.25, -0.2) is 4.98 Å². The maximum Gasteiger partial charge on any atom is 0.152 e. The average molecular weight is 292 g/mol. The number of hydrogen-bond acceptors (Lipinski definition) is 4. The molecule has 0 spiro atoms. The van der Waals surface area contributed by atoms with Gasteiger partial charge in [0.15, 0.2) is 5.15 Å². The Bertz CT molecular complexity index is 548. The molecule has 0 atom stereocenters. The van der Waals surface area contributed by atoms with Crippen molar-refractivity contribution in [3.05, 3.63) is 58.6 Å². The second-order valence-electron chi connectivity index (χ2n) is 4.67. The van der Waals surface area contributed by atoms with Gasteiger partial charge in [0.1, 0.15) is 0 Å². The Balaban J connectivity index is 2.09. The van der Waals surface area contributed by atoms with Crippen molar-refractivity contribution >= 4 is 11.6 Å². The van der Waals surface area contributed by atoms with Crippen molar-refractivity contribution in [3.63, 3.8) is 0 Å². The molecule has 1 N–H and O–H groups in total. The van der Waals surface area contributed by atoms with E-state index in [-0.39, 0.29) is 6.61 Å². The van der Waals surface area contributed by atoms with E-state index < -0.39 is 0 Å². The number of hydrogen-bond donors (Lipinski definition) is 1. The van der Waals surface area contributed by atoms with E-state index in [1.165, 1.54) is 5.56 Å². The topological polar surface area (TPSA) is 49.2 Å². The number of rotatable bonds is 6. The summed E-state index contributed by atoms with van der Waals surface area (Å²) in [5.41, 5.74) is 2.73. The molecule has 1 heterocycles. The molecule has 2 rings (SSSR count). The summed E-state index contributed by atoms with van der Waals surface area (Å²) < 4.78 is 0. The maximum atomic E-state index is 9.20. The molecular formula is C15H18ClN3O. The molecule has 5 heteroatoms. The summed E-state index contributed by atoms with van der Waals surface area (Å²) in [7, 11) is 0. The van der Waals surface area contributed by atoms with Crippen molar-refractivity contribution in [2.45, 2.75) is 20.0 Å². The van der Waals surface area contributed by atoms with Crippen LogP contribution in [0.25, 0.3) is 0 Å². The number of halogens is 1. The zero-order valence-electron chi connectivity index (χ0n) is 11.5. The van der Waals surface area contributed by atoms with Crippen LogP contribution < -0.4 is 0 Å². The van der Waals surface area contributed by atoms with Crippen molar-refractivity contribution < 1.29 is 5.11 Å². The molecule has 0 amide bonds. The Kier molecular flexibility index (Phi) is 5.47. The minimum atomic E-state index is 0.101. The van der Waals surface area contributed by atoms with Crippen LogP contribution in [0, 0.1) is 6.92 Å². The molecule has 2 aromatic rings. The number of nitrogens with zero attached hydrogens (tertiary/aromatic N) is 3. The summed E-state index contributed by atoms with van der Waals surface area (Å²) in [5.74, 6) is 0. The first-order valence-corrected chi connectivity index (χ1v) is 6.92. The van der Waals surface area contributed by atoms with Crippen LogP contribution >= 0.6 is 11.6 Å². The largest absolute Gasteiger partial charge is 0.395 e. The highest BCUT2D eigenvalue weighted by atomic mass is 35.5. The van der Waals surface area contributed by atoms with E-state index >= 15 is 0 Å².